The molecule has 1 amide bonds. The van der Waals surface area contributed by atoms with Crippen molar-refractivity contribution in [1.29, 1.82) is 0 Å². The Bertz CT molecular complexity index is 1100. The molecule has 1 unspecified atom stereocenters. The second-order valence-corrected chi connectivity index (χ2v) is 10.1. The molecule has 0 aromatic heterocycles. The fourth-order valence-corrected chi connectivity index (χ4v) is 4.53. The fraction of sp³-hybridized carbons (Fsp3) is 0.296. The highest BCUT2D eigenvalue weighted by molar-refractivity contribution is 9.10. The topological polar surface area (TPSA) is 49.8 Å². The van der Waals surface area contributed by atoms with E-state index in [1.54, 1.807) is 4.90 Å². The van der Waals surface area contributed by atoms with Gasteiger partial charge in [0.25, 0.3) is 0 Å². The van der Waals surface area contributed by atoms with Crippen LogP contribution in [0.25, 0.3) is 0 Å². The van der Waals surface area contributed by atoms with Gasteiger partial charge in [-0.1, -0.05) is 76.1 Å². The van der Waals surface area contributed by atoms with Crippen molar-refractivity contribution in [2.75, 3.05) is 13.2 Å². The number of nitrogens with zero attached hydrogens (tertiary/aromatic N) is 1. The van der Waals surface area contributed by atoms with Crippen LogP contribution in [0.4, 0.5) is 0 Å². The number of rotatable bonds is 10. The summed E-state index contributed by atoms with van der Waals surface area (Å²) in [5, 5.41) is 10.6. The lowest BCUT2D eigenvalue weighted by atomic mass is 9.88. The zero-order valence-corrected chi connectivity index (χ0v) is 20.8. The summed E-state index contributed by atoms with van der Waals surface area (Å²) in [6, 6.07) is 23.3. The van der Waals surface area contributed by atoms with Gasteiger partial charge in [0, 0.05) is 32.6 Å². The molecular weight excluding hydrogens is 502 g/mol. The zero-order chi connectivity index (χ0) is 23.5. The van der Waals surface area contributed by atoms with E-state index >= 15 is 0 Å². The van der Waals surface area contributed by atoms with Gasteiger partial charge in [0.05, 0.1) is 13.2 Å². The molecule has 1 fully saturated rings. The number of hydrogen-bond acceptors (Lipinski definition) is 3. The number of carbonyl (C=O) groups is 1. The number of ether oxygens (including phenoxy) is 1. The van der Waals surface area contributed by atoms with E-state index in [9.17, 15) is 9.90 Å². The number of carbonyl (C=O) groups excluding carboxylic acids is 1. The molecule has 0 heterocycles. The van der Waals surface area contributed by atoms with Gasteiger partial charge in [-0.3, -0.25) is 4.79 Å². The third kappa shape index (κ3) is 5.02. The molecule has 6 heteroatoms. The van der Waals surface area contributed by atoms with Gasteiger partial charge in [0.1, 0.15) is 0 Å². The number of aryl methyl sites for hydroxylation is 1. The molecule has 1 aliphatic carbocycles. The summed E-state index contributed by atoms with van der Waals surface area (Å²) in [6.07, 6.45) is 2.66. The standard InChI is InChI=1S/C27H27BrClNO3/c1-20-4-2-3-5-25(20)27(22-8-12-24(29)13-9-22,33-18-26(17-31)14-15-26)30(19-32)16-21-6-10-23(28)11-7-21/h2-13,19,31H,14-18H2,1H3. The number of benzene rings is 3. The fourth-order valence-electron chi connectivity index (χ4n) is 4.14. The van der Waals surface area contributed by atoms with Gasteiger partial charge in [0.15, 0.2) is 5.72 Å². The van der Waals surface area contributed by atoms with E-state index in [-0.39, 0.29) is 12.0 Å². The van der Waals surface area contributed by atoms with Crippen molar-refractivity contribution < 1.29 is 14.6 Å². The molecule has 4 rings (SSSR count). The third-order valence-corrected chi connectivity index (χ3v) is 7.20. The summed E-state index contributed by atoms with van der Waals surface area (Å²) in [5.41, 5.74) is 2.22. The maximum atomic E-state index is 12.7. The normalized spacial score (nSPS) is 16.1. The zero-order valence-electron chi connectivity index (χ0n) is 18.5. The molecule has 33 heavy (non-hydrogen) atoms. The second-order valence-electron chi connectivity index (χ2n) is 8.77. The molecule has 0 saturated heterocycles. The SMILES string of the molecule is Cc1ccccc1C(OCC1(CO)CC1)(c1ccc(Cl)cc1)N(C=O)Cc1ccc(Br)cc1. The summed E-state index contributed by atoms with van der Waals surface area (Å²) in [5.74, 6) is 0. The molecule has 172 valence electrons. The lowest BCUT2D eigenvalue weighted by Gasteiger charge is -2.44. The Balaban J connectivity index is 1.88. The van der Waals surface area contributed by atoms with E-state index in [1.165, 1.54) is 0 Å². The highest BCUT2D eigenvalue weighted by atomic mass is 79.9. The van der Waals surface area contributed by atoms with E-state index in [0.29, 0.717) is 18.2 Å². The molecule has 4 nitrogen and oxygen atoms in total. The maximum absolute atomic E-state index is 12.7. The van der Waals surface area contributed by atoms with Crippen LogP contribution in [0.1, 0.15) is 35.1 Å². The van der Waals surface area contributed by atoms with Crippen molar-refractivity contribution in [3.05, 3.63) is 105 Å². The van der Waals surface area contributed by atoms with Crippen LogP contribution in [-0.4, -0.2) is 29.6 Å². The molecule has 0 spiro atoms. The Morgan fingerprint density at radius 1 is 1.09 bits per heavy atom. The second kappa shape index (κ2) is 9.98. The lowest BCUT2D eigenvalue weighted by Crippen LogP contribution is -2.49. The van der Waals surface area contributed by atoms with Crippen LogP contribution >= 0.6 is 27.5 Å². The van der Waals surface area contributed by atoms with Gasteiger partial charge in [-0.15, -0.1) is 0 Å². The first kappa shape index (κ1) is 24.0. The number of aliphatic hydroxyl groups is 1. The summed E-state index contributed by atoms with van der Waals surface area (Å²) in [6.45, 7) is 2.77. The van der Waals surface area contributed by atoms with Crippen molar-refractivity contribution in [1.82, 2.24) is 4.90 Å². The highest BCUT2D eigenvalue weighted by Crippen LogP contribution is 2.48. The first-order valence-electron chi connectivity index (χ1n) is 11.0. The van der Waals surface area contributed by atoms with Gasteiger partial charge >= 0.3 is 0 Å². The average Bonchev–Trinajstić information content (AvgIpc) is 3.62. The molecule has 1 atom stereocenters. The molecule has 0 bridgehead atoms. The van der Waals surface area contributed by atoms with Crippen molar-refractivity contribution in [2.45, 2.75) is 32.0 Å². The van der Waals surface area contributed by atoms with Crippen molar-refractivity contribution in [3.8, 4) is 0 Å². The Hall–Kier alpha value is -2.18. The van der Waals surface area contributed by atoms with Crippen LogP contribution in [0.5, 0.6) is 0 Å². The van der Waals surface area contributed by atoms with Gasteiger partial charge in [-0.05, 0) is 55.2 Å². The van der Waals surface area contributed by atoms with Crippen LogP contribution in [0.2, 0.25) is 5.02 Å². The summed E-state index contributed by atoms with van der Waals surface area (Å²) >= 11 is 9.69. The quantitative estimate of drug-likeness (QED) is 0.257. The van der Waals surface area contributed by atoms with E-state index in [1.807, 2.05) is 79.7 Å². The van der Waals surface area contributed by atoms with Crippen molar-refractivity contribution in [3.63, 3.8) is 0 Å². The Morgan fingerprint density at radius 2 is 1.76 bits per heavy atom. The van der Waals surface area contributed by atoms with Crippen LogP contribution in [0.3, 0.4) is 0 Å². The largest absolute Gasteiger partial charge is 0.396 e. The van der Waals surface area contributed by atoms with Crippen molar-refractivity contribution >= 4 is 33.9 Å². The highest BCUT2D eigenvalue weighted by Gasteiger charge is 2.48. The minimum atomic E-state index is -1.19. The third-order valence-electron chi connectivity index (χ3n) is 6.42. The number of hydrogen-bond donors (Lipinski definition) is 1. The van der Waals surface area contributed by atoms with Gasteiger partial charge in [-0.2, -0.15) is 0 Å². The summed E-state index contributed by atoms with van der Waals surface area (Å²) in [7, 11) is 0. The van der Waals surface area contributed by atoms with Crippen LogP contribution in [0.15, 0.2) is 77.3 Å². The van der Waals surface area contributed by atoms with Gasteiger partial charge in [0.2, 0.25) is 6.41 Å². The number of amides is 1. The maximum Gasteiger partial charge on any atom is 0.212 e. The van der Waals surface area contributed by atoms with Crippen molar-refractivity contribution in [2.24, 2.45) is 5.41 Å². The van der Waals surface area contributed by atoms with Crippen LogP contribution < -0.4 is 0 Å². The summed E-state index contributed by atoms with van der Waals surface area (Å²) in [4.78, 5) is 14.4. The first-order valence-corrected chi connectivity index (χ1v) is 12.1. The molecule has 0 aliphatic heterocycles. The molecule has 0 radical (unpaired) electrons. The monoisotopic (exact) mass is 527 g/mol. The van der Waals surface area contributed by atoms with E-state index < -0.39 is 5.72 Å². The minimum Gasteiger partial charge on any atom is -0.396 e. The average molecular weight is 529 g/mol. The Kier molecular flexibility index (Phi) is 7.25. The van der Waals surface area contributed by atoms with Gasteiger partial charge < -0.3 is 14.7 Å². The van der Waals surface area contributed by atoms with Crippen LogP contribution in [-0.2, 0) is 21.8 Å². The van der Waals surface area contributed by atoms with Crippen LogP contribution in [0, 0.1) is 12.3 Å². The van der Waals surface area contributed by atoms with E-state index in [0.717, 1.165) is 46.0 Å². The number of aliphatic hydroxyl groups excluding tert-OH is 1. The van der Waals surface area contributed by atoms with Gasteiger partial charge in [-0.25, -0.2) is 0 Å². The molecule has 3 aromatic rings. The lowest BCUT2D eigenvalue weighted by molar-refractivity contribution is -0.165. The molecule has 1 N–H and O–H groups in total. The first-order chi connectivity index (χ1) is 15.9. The smallest absolute Gasteiger partial charge is 0.212 e. The molecular formula is C27H27BrClNO3. The molecule has 1 saturated carbocycles. The Labute approximate surface area is 208 Å². The van der Waals surface area contributed by atoms with E-state index in [4.69, 9.17) is 16.3 Å². The number of halogens is 2. The predicted octanol–water partition coefficient (Wildman–Crippen LogP) is 6.06. The van der Waals surface area contributed by atoms with E-state index in [2.05, 4.69) is 15.9 Å². The Morgan fingerprint density at radius 3 is 2.33 bits per heavy atom. The molecule has 1 aliphatic rings. The summed E-state index contributed by atoms with van der Waals surface area (Å²) < 4.78 is 7.75. The minimum absolute atomic E-state index is 0.0608. The predicted molar refractivity (Wildman–Crippen MR) is 134 cm³/mol. The molecule has 3 aromatic carbocycles.